The molecule has 0 bridgehead atoms. The molecule has 0 aromatic carbocycles. The SMILES string of the molecule is NC(=NO)c1cc(CNCc2ccco2)ccn1. The summed E-state index contributed by atoms with van der Waals surface area (Å²) in [7, 11) is 0. The summed E-state index contributed by atoms with van der Waals surface area (Å²) in [5, 5.41) is 14.7. The van der Waals surface area contributed by atoms with E-state index in [2.05, 4.69) is 15.5 Å². The summed E-state index contributed by atoms with van der Waals surface area (Å²) in [6, 6.07) is 7.38. The summed E-state index contributed by atoms with van der Waals surface area (Å²) in [5.41, 5.74) is 6.92. The molecule has 0 radical (unpaired) electrons. The van der Waals surface area contributed by atoms with Gasteiger partial charge >= 0.3 is 0 Å². The lowest BCUT2D eigenvalue weighted by Gasteiger charge is -2.04. The van der Waals surface area contributed by atoms with Gasteiger partial charge in [-0.05, 0) is 29.8 Å². The number of nitrogens with zero attached hydrogens (tertiary/aromatic N) is 2. The van der Waals surface area contributed by atoms with Crippen molar-refractivity contribution in [2.24, 2.45) is 10.9 Å². The first-order valence-electron chi connectivity index (χ1n) is 5.45. The average molecular weight is 246 g/mol. The third-order valence-corrected chi connectivity index (χ3v) is 2.40. The first kappa shape index (κ1) is 12.1. The number of amidine groups is 1. The Morgan fingerprint density at radius 2 is 2.33 bits per heavy atom. The van der Waals surface area contributed by atoms with E-state index >= 15 is 0 Å². The van der Waals surface area contributed by atoms with E-state index in [1.807, 2.05) is 18.2 Å². The first-order valence-corrected chi connectivity index (χ1v) is 5.45. The highest BCUT2D eigenvalue weighted by atomic mass is 16.4. The Bertz CT molecular complexity index is 523. The van der Waals surface area contributed by atoms with Crippen LogP contribution in [0.1, 0.15) is 17.0 Å². The molecule has 2 aromatic heterocycles. The van der Waals surface area contributed by atoms with Crippen molar-refractivity contribution in [3.05, 3.63) is 53.7 Å². The summed E-state index contributed by atoms with van der Waals surface area (Å²) in [6.07, 6.45) is 3.26. The van der Waals surface area contributed by atoms with Gasteiger partial charge in [0.05, 0.1) is 12.8 Å². The second-order valence-corrected chi connectivity index (χ2v) is 3.72. The van der Waals surface area contributed by atoms with E-state index in [1.165, 1.54) is 0 Å². The largest absolute Gasteiger partial charge is 0.468 e. The quantitative estimate of drug-likeness (QED) is 0.317. The molecule has 0 saturated heterocycles. The fourth-order valence-electron chi connectivity index (χ4n) is 1.52. The zero-order valence-electron chi connectivity index (χ0n) is 9.71. The van der Waals surface area contributed by atoms with Crippen LogP contribution in [-0.4, -0.2) is 16.0 Å². The Morgan fingerprint density at radius 3 is 3.06 bits per heavy atom. The predicted molar refractivity (Wildman–Crippen MR) is 66.0 cm³/mol. The third-order valence-electron chi connectivity index (χ3n) is 2.40. The molecule has 18 heavy (non-hydrogen) atoms. The normalized spacial score (nSPS) is 11.7. The highest BCUT2D eigenvalue weighted by Gasteiger charge is 2.02. The van der Waals surface area contributed by atoms with Crippen molar-refractivity contribution in [2.45, 2.75) is 13.1 Å². The summed E-state index contributed by atoms with van der Waals surface area (Å²) in [6.45, 7) is 1.29. The minimum atomic E-state index is 0.00267. The van der Waals surface area contributed by atoms with Crippen LogP contribution in [0.15, 0.2) is 46.3 Å². The summed E-state index contributed by atoms with van der Waals surface area (Å²) in [4.78, 5) is 4.01. The van der Waals surface area contributed by atoms with Gasteiger partial charge in [0.15, 0.2) is 5.84 Å². The smallest absolute Gasteiger partial charge is 0.188 e. The lowest BCUT2D eigenvalue weighted by atomic mass is 10.2. The molecule has 2 rings (SSSR count). The van der Waals surface area contributed by atoms with E-state index in [0.29, 0.717) is 18.8 Å². The molecular weight excluding hydrogens is 232 g/mol. The number of rotatable bonds is 5. The van der Waals surface area contributed by atoms with Crippen molar-refractivity contribution in [1.29, 1.82) is 0 Å². The molecule has 0 fully saturated rings. The van der Waals surface area contributed by atoms with Gasteiger partial charge in [0.1, 0.15) is 11.5 Å². The van der Waals surface area contributed by atoms with Crippen LogP contribution < -0.4 is 11.1 Å². The fraction of sp³-hybridized carbons (Fsp3) is 0.167. The van der Waals surface area contributed by atoms with Crippen molar-refractivity contribution in [3.8, 4) is 0 Å². The predicted octanol–water partition coefficient (Wildman–Crippen LogP) is 1.06. The van der Waals surface area contributed by atoms with E-state index in [1.54, 1.807) is 18.5 Å². The molecule has 0 spiro atoms. The minimum Gasteiger partial charge on any atom is -0.468 e. The molecule has 2 heterocycles. The van der Waals surface area contributed by atoms with Crippen LogP contribution in [0.5, 0.6) is 0 Å². The molecule has 94 valence electrons. The van der Waals surface area contributed by atoms with E-state index < -0.39 is 0 Å². The van der Waals surface area contributed by atoms with Crippen molar-refractivity contribution in [2.75, 3.05) is 0 Å². The lowest BCUT2D eigenvalue weighted by molar-refractivity contribution is 0.318. The maximum absolute atomic E-state index is 8.58. The van der Waals surface area contributed by atoms with Gasteiger partial charge in [-0.25, -0.2) is 0 Å². The minimum absolute atomic E-state index is 0.00267. The monoisotopic (exact) mass is 246 g/mol. The highest BCUT2D eigenvalue weighted by Crippen LogP contribution is 2.03. The van der Waals surface area contributed by atoms with E-state index in [-0.39, 0.29) is 5.84 Å². The number of oxime groups is 1. The number of nitrogens with one attached hydrogen (secondary N) is 1. The van der Waals surface area contributed by atoms with Gasteiger partial charge in [0.25, 0.3) is 0 Å². The van der Waals surface area contributed by atoms with Gasteiger partial charge < -0.3 is 20.7 Å². The van der Waals surface area contributed by atoms with Gasteiger partial charge in [0.2, 0.25) is 0 Å². The van der Waals surface area contributed by atoms with Crippen molar-refractivity contribution in [1.82, 2.24) is 10.3 Å². The summed E-state index contributed by atoms with van der Waals surface area (Å²) >= 11 is 0. The molecule has 6 nitrogen and oxygen atoms in total. The van der Waals surface area contributed by atoms with E-state index in [9.17, 15) is 0 Å². The maximum Gasteiger partial charge on any atom is 0.188 e. The molecular formula is C12H14N4O2. The Labute approximate surface area is 104 Å². The van der Waals surface area contributed by atoms with Gasteiger partial charge in [-0.1, -0.05) is 5.16 Å². The zero-order valence-corrected chi connectivity index (χ0v) is 9.71. The number of pyridine rings is 1. The molecule has 6 heteroatoms. The lowest BCUT2D eigenvalue weighted by Crippen LogP contribution is -2.17. The third kappa shape index (κ3) is 3.08. The number of hydrogen-bond acceptors (Lipinski definition) is 5. The van der Waals surface area contributed by atoms with Crippen LogP contribution in [0.2, 0.25) is 0 Å². The van der Waals surface area contributed by atoms with E-state index in [0.717, 1.165) is 11.3 Å². The molecule has 0 aliphatic rings. The van der Waals surface area contributed by atoms with Gasteiger partial charge in [-0.2, -0.15) is 0 Å². The van der Waals surface area contributed by atoms with Crippen LogP contribution in [0.25, 0.3) is 0 Å². The molecule has 0 aliphatic heterocycles. The highest BCUT2D eigenvalue weighted by molar-refractivity contribution is 5.95. The number of nitrogens with two attached hydrogens (primary N) is 1. The first-order chi connectivity index (χ1) is 8.79. The molecule has 0 atom stereocenters. The van der Waals surface area contributed by atoms with Crippen molar-refractivity contribution >= 4 is 5.84 Å². The average Bonchev–Trinajstić information content (AvgIpc) is 2.91. The Kier molecular flexibility index (Phi) is 3.93. The Hall–Kier alpha value is -2.34. The molecule has 0 aliphatic carbocycles. The summed E-state index contributed by atoms with van der Waals surface area (Å²) < 4.78 is 5.20. The standard InChI is InChI=1S/C12H14N4O2/c13-12(16-17)11-6-9(3-4-15-11)7-14-8-10-2-1-5-18-10/h1-6,14,17H,7-8H2,(H2,13,16). The van der Waals surface area contributed by atoms with Crippen LogP contribution >= 0.6 is 0 Å². The molecule has 0 amide bonds. The van der Waals surface area contributed by atoms with E-state index in [4.69, 9.17) is 15.4 Å². The Morgan fingerprint density at radius 1 is 1.44 bits per heavy atom. The number of aromatic nitrogens is 1. The van der Waals surface area contributed by atoms with Crippen LogP contribution in [0.3, 0.4) is 0 Å². The van der Waals surface area contributed by atoms with Gasteiger partial charge in [-0.15, -0.1) is 0 Å². The van der Waals surface area contributed by atoms with Gasteiger partial charge in [-0.3, -0.25) is 4.98 Å². The van der Waals surface area contributed by atoms with Crippen LogP contribution in [0, 0.1) is 0 Å². The fourth-order valence-corrected chi connectivity index (χ4v) is 1.52. The maximum atomic E-state index is 8.58. The van der Waals surface area contributed by atoms with Gasteiger partial charge in [0, 0.05) is 12.7 Å². The molecule has 0 saturated carbocycles. The molecule has 0 unspecified atom stereocenters. The number of furan rings is 1. The molecule has 4 N–H and O–H groups in total. The summed E-state index contributed by atoms with van der Waals surface area (Å²) in [5.74, 6) is 0.878. The van der Waals surface area contributed by atoms with Crippen LogP contribution in [-0.2, 0) is 13.1 Å². The Balaban J connectivity index is 1.93. The topological polar surface area (TPSA) is 96.7 Å². The zero-order chi connectivity index (χ0) is 12.8. The second-order valence-electron chi connectivity index (χ2n) is 3.72. The number of hydrogen-bond donors (Lipinski definition) is 3. The second kappa shape index (κ2) is 5.83. The van der Waals surface area contributed by atoms with Crippen molar-refractivity contribution in [3.63, 3.8) is 0 Å². The van der Waals surface area contributed by atoms with Crippen LogP contribution in [0.4, 0.5) is 0 Å². The molecule has 2 aromatic rings. The van der Waals surface area contributed by atoms with Crippen molar-refractivity contribution < 1.29 is 9.62 Å².